The van der Waals surface area contributed by atoms with Gasteiger partial charge in [0, 0.05) is 35.8 Å². The predicted octanol–water partition coefficient (Wildman–Crippen LogP) is 6.23. The number of aromatic carboxylic acids is 1. The molecule has 12 heteroatoms. The molecule has 2 aliphatic heterocycles. The number of aromatic nitrogens is 4. The Morgan fingerprint density at radius 1 is 1.22 bits per heavy atom. The monoisotopic (exact) mass is 628 g/mol. The molecule has 1 atom stereocenters. The van der Waals surface area contributed by atoms with Crippen LogP contribution in [0.1, 0.15) is 71.5 Å². The van der Waals surface area contributed by atoms with Crippen molar-refractivity contribution < 1.29 is 23.8 Å². The summed E-state index contributed by atoms with van der Waals surface area (Å²) in [5.41, 5.74) is 3.40. The number of carboxylic acids is 1. The molecule has 45 heavy (non-hydrogen) atoms. The number of nitrogens with zero attached hydrogens (tertiary/aromatic N) is 5. The average molecular weight is 629 g/mol. The number of nitriles is 1. The van der Waals surface area contributed by atoms with Gasteiger partial charge in [-0.1, -0.05) is 23.7 Å². The van der Waals surface area contributed by atoms with E-state index < -0.39 is 17.6 Å². The van der Waals surface area contributed by atoms with Crippen LogP contribution in [0.4, 0.5) is 4.39 Å². The minimum absolute atomic E-state index is 0.231. The molecule has 0 radical (unpaired) electrons. The smallest absolute Gasteiger partial charge is 0.373 e. The lowest BCUT2D eigenvalue weighted by Crippen LogP contribution is -2.34. The highest BCUT2D eigenvalue weighted by Gasteiger charge is 2.44. The molecule has 10 nitrogen and oxygen atoms in total. The summed E-state index contributed by atoms with van der Waals surface area (Å²) in [6, 6.07) is 14.7. The Morgan fingerprint density at radius 3 is 2.71 bits per heavy atom. The molecule has 4 heterocycles. The number of hydrogen-bond donors (Lipinski definition) is 2. The van der Waals surface area contributed by atoms with Gasteiger partial charge in [0.25, 0.3) is 5.79 Å². The van der Waals surface area contributed by atoms with Gasteiger partial charge in [-0.3, -0.25) is 15.0 Å². The summed E-state index contributed by atoms with van der Waals surface area (Å²) >= 11 is 5.97. The molecular formula is C33H30ClFN6O4. The predicted molar refractivity (Wildman–Crippen MR) is 161 cm³/mol. The highest BCUT2D eigenvalue weighted by atomic mass is 35.5. The van der Waals surface area contributed by atoms with Gasteiger partial charge in [-0.05, 0) is 87.0 Å². The number of carbonyl (C=O) groups is 1. The molecule has 4 aromatic rings. The van der Waals surface area contributed by atoms with Gasteiger partial charge in [0.1, 0.15) is 5.82 Å². The maximum Gasteiger partial charge on any atom is 0.373 e. The topological polar surface area (TPSA) is 137 Å². The summed E-state index contributed by atoms with van der Waals surface area (Å²) in [6.45, 7) is 3.99. The van der Waals surface area contributed by atoms with E-state index in [1.807, 2.05) is 18.2 Å². The van der Waals surface area contributed by atoms with E-state index in [1.54, 1.807) is 25.3 Å². The van der Waals surface area contributed by atoms with Gasteiger partial charge in [0.05, 0.1) is 22.7 Å². The number of aromatic amines is 1. The summed E-state index contributed by atoms with van der Waals surface area (Å²) < 4.78 is 27.3. The fourth-order valence-electron chi connectivity index (χ4n) is 6.34. The number of hydrogen-bond acceptors (Lipinski definition) is 8. The first-order valence-corrected chi connectivity index (χ1v) is 15.3. The fraction of sp³-hybridized carbons (Fsp3) is 0.364. The van der Waals surface area contributed by atoms with Crippen molar-refractivity contribution >= 4 is 17.6 Å². The van der Waals surface area contributed by atoms with Crippen molar-refractivity contribution in [1.29, 1.82) is 5.26 Å². The van der Waals surface area contributed by atoms with Crippen molar-refractivity contribution in [2.24, 2.45) is 5.41 Å². The zero-order chi connectivity index (χ0) is 31.3. The normalized spacial score (nSPS) is 20.6. The number of benzene rings is 2. The molecule has 7 rings (SSSR count). The number of carboxylic acid groups (broad SMARTS) is 1. The fourth-order valence-corrected chi connectivity index (χ4v) is 6.50. The first kappa shape index (κ1) is 29.2. The zero-order valence-corrected chi connectivity index (χ0v) is 25.3. The van der Waals surface area contributed by atoms with Crippen LogP contribution in [-0.4, -0.2) is 49.2 Å². The molecule has 1 saturated carbocycles. The Labute approximate surface area is 263 Å². The second-order valence-electron chi connectivity index (χ2n) is 12.2. The molecule has 0 amide bonds. The van der Waals surface area contributed by atoms with E-state index in [1.165, 1.54) is 6.07 Å². The summed E-state index contributed by atoms with van der Waals surface area (Å²) in [4.78, 5) is 22.5. The number of para-hydroxylation sites is 1. The molecular weight excluding hydrogens is 599 g/mol. The van der Waals surface area contributed by atoms with Gasteiger partial charge in [-0.25, -0.2) is 14.2 Å². The van der Waals surface area contributed by atoms with Crippen LogP contribution in [0, 0.1) is 22.6 Å². The van der Waals surface area contributed by atoms with Crippen LogP contribution in [0.5, 0.6) is 11.5 Å². The van der Waals surface area contributed by atoms with Crippen molar-refractivity contribution in [3.8, 4) is 29.0 Å². The molecule has 2 N–H and O–H groups in total. The number of piperidine rings is 1. The standard InChI is InChI=1S/C33H30ClFN6O4/c1-32(24-6-5-22(34)14-25(24)35)44-27-4-2-3-23(28(27)45-32)19-7-11-41(12-8-19)17-26-20(15-33(18-36)9-10-33)13-21(16-37-26)29-38-30(31(42)43)40-39-29/h2-6,13-14,16,19H,7-12,15,17H2,1H3,(H,42,43)(H,38,39,40)/t32-/m1/s1. The summed E-state index contributed by atoms with van der Waals surface area (Å²) in [5.74, 6) is -1.48. The van der Waals surface area contributed by atoms with Crippen LogP contribution < -0.4 is 9.47 Å². The lowest BCUT2D eigenvalue weighted by molar-refractivity contribution is -0.0712. The Hall–Kier alpha value is -4.53. The molecule has 2 aromatic carbocycles. The Balaban J connectivity index is 1.07. The van der Waals surface area contributed by atoms with Gasteiger partial charge in [0.15, 0.2) is 17.3 Å². The van der Waals surface area contributed by atoms with Crippen LogP contribution in [0.25, 0.3) is 11.4 Å². The van der Waals surface area contributed by atoms with Gasteiger partial charge in [0.2, 0.25) is 5.82 Å². The lowest BCUT2D eigenvalue weighted by atomic mass is 9.88. The van der Waals surface area contributed by atoms with E-state index in [0.717, 1.165) is 55.6 Å². The van der Waals surface area contributed by atoms with Gasteiger partial charge < -0.3 is 14.6 Å². The van der Waals surface area contributed by atoms with Crippen LogP contribution >= 0.6 is 11.6 Å². The molecule has 0 spiro atoms. The number of nitrogens with one attached hydrogen (secondary N) is 1. The van der Waals surface area contributed by atoms with E-state index >= 15 is 0 Å². The van der Waals surface area contributed by atoms with Crippen molar-refractivity contribution in [1.82, 2.24) is 25.1 Å². The van der Waals surface area contributed by atoms with Crippen molar-refractivity contribution in [3.63, 3.8) is 0 Å². The number of rotatable bonds is 8. The SMILES string of the molecule is C[C@@]1(c2ccc(Cl)cc2F)Oc2cccc(C3CCN(Cc4ncc(-c5n[nH]c(C(=O)O)n5)cc4CC4(C#N)CC4)CC3)c2O1. The summed E-state index contributed by atoms with van der Waals surface area (Å²) in [5, 5.41) is 25.8. The molecule has 0 bridgehead atoms. The quantitative estimate of drug-likeness (QED) is 0.233. The molecule has 1 aliphatic carbocycles. The number of likely N-dealkylation sites (tertiary alicyclic amines) is 1. The number of ether oxygens (including phenoxy) is 2. The average Bonchev–Trinajstić information content (AvgIpc) is 3.44. The third-order valence-electron chi connectivity index (χ3n) is 9.06. The zero-order valence-electron chi connectivity index (χ0n) is 24.5. The van der Waals surface area contributed by atoms with E-state index in [-0.39, 0.29) is 28.5 Å². The Kier molecular flexibility index (Phi) is 7.22. The molecule has 2 fully saturated rings. The minimum atomic E-state index is -1.30. The van der Waals surface area contributed by atoms with Crippen LogP contribution in [0.2, 0.25) is 5.02 Å². The lowest BCUT2D eigenvalue weighted by Gasteiger charge is -2.33. The van der Waals surface area contributed by atoms with E-state index in [9.17, 15) is 19.6 Å². The summed E-state index contributed by atoms with van der Waals surface area (Å²) in [6.07, 6.45) is 5.70. The van der Waals surface area contributed by atoms with Gasteiger partial charge in [-0.15, -0.1) is 0 Å². The Bertz CT molecular complexity index is 1850. The second kappa shape index (κ2) is 11.1. The first-order valence-electron chi connectivity index (χ1n) is 14.9. The molecule has 0 unspecified atom stereocenters. The van der Waals surface area contributed by atoms with Crippen molar-refractivity contribution in [3.05, 3.63) is 87.7 Å². The minimum Gasteiger partial charge on any atom is -0.475 e. The third-order valence-corrected chi connectivity index (χ3v) is 9.29. The molecule has 1 saturated heterocycles. The van der Waals surface area contributed by atoms with Gasteiger partial charge in [-0.2, -0.15) is 10.4 Å². The third kappa shape index (κ3) is 5.60. The van der Waals surface area contributed by atoms with Crippen LogP contribution in [0.15, 0.2) is 48.7 Å². The van der Waals surface area contributed by atoms with Crippen molar-refractivity contribution in [2.45, 2.75) is 57.3 Å². The largest absolute Gasteiger partial charge is 0.475 e. The molecule has 3 aliphatic rings. The highest BCUT2D eigenvalue weighted by molar-refractivity contribution is 6.30. The number of fused-ring (bicyclic) bond motifs is 1. The van der Waals surface area contributed by atoms with E-state index in [4.69, 9.17) is 26.1 Å². The second-order valence-corrected chi connectivity index (χ2v) is 12.6. The maximum atomic E-state index is 14.8. The van der Waals surface area contributed by atoms with Crippen LogP contribution in [0.3, 0.4) is 0 Å². The van der Waals surface area contributed by atoms with Gasteiger partial charge >= 0.3 is 5.97 Å². The number of halogens is 2. The molecule has 2 aromatic heterocycles. The van der Waals surface area contributed by atoms with Crippen LogP contribution in [-0.2, 0) is 18.8 Å². The number of H-pyrrole nitrogens is 1. The Morgan fingerprint density at radius 2 is 2.02 bits per heavy atom. The number of pyridine rings is 1. The maximum absolute atomic E-state index is 14.8. The first-order chi connectivity index (χ1) is 21.6. The highest BCUT2D eigenvalue weighted by Crippen LogP contribution is 2.50. The molecule has 230 valence electrons. The van der Waals surface area contributed by atoms with Crippen molar-refractivity contribution in [2.75, 3.05) is 13.1 Å². The van der Waals surface area contributed by atoms with E-state index in [2.05, 4.69) is 32.2 Å². The summed E-state index contributed by atoms with van der Waals surface area (Å²) in [7, 11) is 0. The van der Waals surface area contributed by atoms with E-state index in [0.29, 0.717) is 35.1 Å².